The summed E-state index contributed by atoms with van der Waals surface area (Å²) >= 11 is 0. The average molecular weight is 351 g/mol. The molecular weight excluding hydrogens is 322 g/mol. The van der Waals surface area contributed by atoms with Crippen LogP contribution in [-0.2, 0) is 13.0 Å². The van der Waals surface area contributed by atoms with E-state index in [4.69, 9.17) is 5.11 Å². The first kappa shape index (κ1) is 18.3. The van der Waals surface area contributed by atoms with Crippen LogP contribution in [0.25, 0.3) is 0 Å². The van der Waals surface area contributed by atoms with Crippen molar-refractivity contribution < 1.29 is 15.0 Å². The van der Waals surface area contributed by atoms with Gasteiger partial charge in [-0.25, -0.2) is 0 Å². The third-order valence-electron chi connectivity index (χ3n) is 5.43. The predicted octanol–water partition coefficient (Wildman–Crippen LogP) is -0.391. The smallest absolute Gasteiger partial charge is 0.291 e. The Labute approximate surface area is 148 Å². The van der Waals surface area contributed by atoms with E-state index in [0.29, 0.717) is 25.5 Å². The van der Waals surface area contributed by atoms with Gasteiger partial charge in [0.2, 0.25) is 5.82 Å². The van der Waals surface area contributed by atoms with Crippen molar-refractivity contribution in [3.8, 4) is 0 Å². The molecule has 0 bridgehead atoms. The number of hydrogen-bond donors (Lipinski definition) is 2. The van der Waals surface area contributed by atoms with Crippen LogP contribution in [0.3, 0.4) is 0 Å². The van der Waals surface area contributed by atoms with E-state index >= 15 is 0 Å². The van der Waals surface area contributed by atoms with Crippen LogP contribution in [-0.4, -0.2) is 87.1 Å². The second kappa shape index (κ2) is 8.25. The van der Waals surface area contributed by atoms with Crippen molar-refractivity contribution in [2.24, 2.45) is 11.8 Å². The Morgan fingerprint density at radius 2 is 2.00 bits per heavy atom. The number of rotatable bonds is 6. The van der Waals surface area contributed by atoms with Crippen molar-refractivity contribution in [2.45, 2.75) is 32.2 Å². The van der Waals surface area contributed by atoms with Gasteiger partial charge >= 0.3 is 0 Å². The number of aliphatic hydroxyl groups is 2. The highest BCUT2D eigenvalue weighted by atomic mass is 16.3. The number of hydrogen-bond acceptors (Lipinski definition) is 6. The number of amides is 1. The molecule has 0 spiro atoms. The second-order valence-electron chi connectivity index (χ2n) is 7.30. The quantitative estimate of drug-likeness (QED) is 0.725. The molecule has 3 heterocycles. The van der Waals surface area contributed by atoms with Crippen LogP contribution in [0.15, 0.2) is 0 Å². The zero-order valence-corrected chi connectivity index (χ0v) is 15.0. The summed E-state index contributed by atoms with van der Waals surface area (Å²) in [6, 6.07) is 0. The number of likely N-dealkylation sites (tertiary alicyclic amines) is 1. The fourth-order valence-corrected chi connectivity index (χ4v) is 3.97. The maximum absolute atomic E-state index is 13.0. The van der Waals surface area contributed by atoms with Crippen molar-refractivity contribution in [3.05, 3.63) is 11.6 Å². The molecule has 0 saturated carbocycles. The molecule has 1 saturated heterocycles. The SMILES string of the molecule is CN(CCO)C[C@@H]1CN(C(=O)c2nnc3n2CCCCC3)C[C@@H]1CO. The van der Waals surface area contributed by atoms with E-state index < -0.39 is 0 Å². The van der Waals surface area contributed by atoms with Gasteiger partial charge in [-0.1, -0.05) is 6.42 Å². The topological polar surface area (TPSA) is 94.7 Å². The van der Waals surface area contributed by atoms with Crippen LogP contribution in [0.4, 0.5) is 0 Å². The average Bonchev–Trinajstić information content (AvgIpc) is 3.11. The van der Waals surface area contributed by atoms with Gasteiger partial charge in [0.05, 0.1) is 6.61 Å². The number of aryl methyl sites for hydroxylation is 1. The lowest BCUT2D eigenvalue weighted by Gasteiger charge is -2.23. The van der Waals surface area contributed by atoms with Gasteiger partial charge in [-0.15, -0.1) is 10.2 Å². The Morgan fingerprint density at radius 1 is 1.20 bits per heavy atom. The van der Waals surface area contributed by atoms with E-state index in [1.165, 1.54) is 0 Å². The van der Waals surface area contributed by atoms with Crippen LogP contribution in [0.2, 0.25) is 0 Å². The molecule has 2 atom stereocenters. The predicted molar refractivity (Wildman–Crippen MR) is 92.1 cm³/mol. The summed E-state index contributed by atoms with van der Waals surface area (Å²) in [5, 5.41) is 27.1. The number of aromatic nitrogens is 3. The number of nitrogens with zero attached hydrogens (tertiary/aromatic N) is 5. The van der Waals surface area contributed by atoms with Crippen molar-refractivity contribution in [3.63, 3.8) is 0 Å². The Morgan fingerprint density at radius 3 is 2.76 bits per heavy atom. The maximum Gasteiger partial charge on any atom is 0.291 e. The molecule has 0 aromatic carbocycles. The minimum absolute atomic E-state index is 0.0663. The van der Waals surface area contributed by atoms with Crippen LogP contribution in [0.5, 0.6) is 0 Å². The van der Waals surface area contributed by atoms with Crippen molar-refractivity contribution >= 4 is 5.91 Å². The van der Waals surface area contributed by atoms with Gasteiger partial charge in [-0.3, -0.25) is 4.79 Å². The molecular formula is C17H29N5O3. The largest absolute Gasteiger partial charge is 0.396 e. The molecule has 2 N–H and O–H groups in total. The van der Waals surface area contributed by atoms with Gasteiger partial charge < -0.3 is 24.6 Å². The van der Waals surface area contributed by atoms with E-state index in [0.717, 1.165) is 44.6 Å². The van der Waals surface area contributed by atoms with E-state index in [-0.39, 0.29) is 31.0 Å². The van der Waals surface area contributed by atoms with E-state index in [2.05, 4.69) is 10.2 Å². The van der Waals surface area contributed by atoms with E-state index in [9.17, 15) is 9.90 Å². The van der Waals surface area contributed by atoms with Crippen molar-refractivity contribution in [2.75, 3.05) is 46.4 Å². The molecule has 0 unspecified atom stereocenters. The van der Waals surface area contributed by atoms with Gasteiger partial charge in [0.1, 0.15) is 5.82 Å². The zero-order valence-electron chi connectivity index (χ0n) is 15.0. The fraction of sp³-hybridized carbons (Fsp3) is 0.824. The molecule has 1 fully saturated rings. The minimum Gasteiger partial charge on any atom is -0.396 e. The van der Waals surface area contributed by atoms with Gasteiger partial charge in [-0.2, -0.15) is 0 Å². The van der Waals surface area contributed by atoms with Crippen molar-refractivity contribution in [1.82, 2.24) is 24.6 Å². The third kappa shape index (κ3) is 4.02. The highest BCUT2D eigenvalue weighted by Gasteiger charge is 2.37. The zero-order chi connectivity index (χ0) is 17.8. The second-order valence-corrected chi connectivity index (χ2v) is 7.30. The molecule has 140 valence electrons. The van der Waals surface area contributed by atoms with Crippen molar-refractivity contribution in [1.29, 1.82) is 0 Å². The molecule has 3 rings (SSSR count). The van der Waals surface area contributed by atoms with Crippen LogP contribution in [0, 0.1) is 11.8 Å². The Kier molecular flexibility index (Phi) is 6.03. The lowest BCUT2D eigenvalue weighted by atomic mass is 9.96. The van der Waals surface area contributed by atoms with Gasteiger partial charge in [0.25, 0.3) is 5.91 Å². The highest BCUT2D eigenvalue weighted by Crippen LogP contribution is 2.26. The van der Waals surface area contributed by atoms with Crippen LogP contribution < -0.4 is 0 Å². The summed E-state index contributed by atoms with van der Waals surface area (Å²) in [5.74, 6) is 1.55. The fourth-order valence-electron chi connectivity index (χ4n) is 3.97. The summed E-state index contributed by atoms with van der Waals surface area (Å²) in [6.45, 7) is 3.51. The molecule has 0 aliphatic carbocycles. The Bertz CT molecular complexity index is 591. The molecule has 8 heteroatoms. The molecule has 2 aliphatic heterocycles. The van der Waals surface area contributed by atoms with E-state index in [1.807, 2.05) is 16.5 Å². The first-order valence-corrected chi connectivity index (χ1v) is 9.25. The molecule has 1 amide bonds. The summed E-state index contributed by atoms with van der Waals surface area (Å²) in [6.07, 6.45) is 4.20. The first-order valence-electron chi connectivity index (χ1n) is 9.25. The van der Waals surface area contributed by atoms with Crippen LogP contribution in [0.1, 0.15) is 35.7 Å². The monoisotopic (exact) mass is 351 g/mol. The molecule has 1 aromatic rings. The lowest BCUT2D eigenvalue weighted by molar-refractivity contribution is 0.0761. The number of likely N-dealkylation sites (N-methyl/N-ethyl adjacent to an activating group) is 1. The number of aliphatic hydroxyl groups excluding tert-OH is 2. The maximum atomic E-state index is 13.0. The summed E-state index contributed by atoms with van der Waals surface area (Å²) in [7, 11) is 1.95. The normalized spacial score (nSPS) is 23.8. The first-order chi connectivity index (χ1) is 12.1. The van der Waals surface area contributed by atoms with Gasteiger partial charge in [0, 0.05) is 51.7 Å². The molecule has 25 heavy (non-hydrogen) atoms. The number of carbonyl (C=O) groups is 1. The van der Waals surface area contributed by atoms with Crippen LogP contribution >= 0.6 is 0 Å². The Hall–Kier alpha value is -1.51. The van der Waals surface area contributed by atoms with E-state index in [1.54, 1.807) is 4.90 Å². The molecule has 0 radical (unpaired) electrons. The number of fused-ring (bicyclic) bond motifs is 1. The highest BCUT2D eigenvalue weighted by molar-refractivity contribution is 5.91. The summed E-state index contributed by atoms with van der Waals surface area (Å²) in [5.41, 5.74) is 0. The third-order valence-corrected chi connectivity index (χ3v) is 5.43. The summed E-state index contributed by atoms with van der Waals surface area (Å²) < 4.78 is 1.98. The van der Waals surface area contributed by atoms with Gasteiger partial charge in [-0.05, 0) is 25.8 Å². The lowest BCUT2D eigenvalue weighted by Crippen LogP contribution is -2.34. The number of carbonyl (C=O) groups excluding carboxylic acids is 1. The standard InChI is InChI=1S/C17H29N5O3/c1-20(7-8-23)9-13-10-21(11-14(13)12-24)17(25)16-19-18-15-5-3-2-4-6-22(15)16/h13-14,23-24H,2-12H2,1H3/t13-,14-/m1/s1. The minimum atomic E-state index is -0.0774. The Balaban J connectivity index is 1.70. The molecule has 2 aliphatic rings. The molecule has 8 nitrogen and oxygen atoms in total. The summed E-state index contributed by atoms with van der Waals surface area (Å²) in [4.78, 5) is 16.8. The molecule has 1 aromatic heterocycles. The van der Waals surface area contributed by atoms with Gasteiger partial charge in [0.15, 0.2) is 0 Å².